The second-order valence-electron chi connectivity index (χ2n) is 7.43. The van der Waals surface area contributed by atoms with Crippen molar-refractivity contribution < 1.29 is 19.8 Å². The van der Waals surface area contributed by atoms with Crippen molar-refractivity contribution in [2.24, 2.45) is 0 Å². The molecule has 0 bridgehead atoms. The fourth-order valence-electron chi connectivity index (χ4n) is 3.43. The first-order valence-electron chi connectivity index (χ1n) is 10.3. The molecule has 2 N–H and O–H groups in total. The van der Waals surface area contributed by atoms with Gasteiger partial charge in [0.05, 0.1) is 17.5 Å². The van der Waals surface area contributed by atoms with Crippen LogP contribution in [0.4, 0.5) is 0 Å². The number of unbranched alkanes of at least 4 members (excludes halogenated alkanes) is 1. The molecule has 3 rings (SSSR count). The van der Waals surface area contributed by atoms with Crippen LogP contribution in [0.25, 0.3) is 6.08 Å². The second-order valence-corrected chi connectivity index (χ2v) is 7.43. The minimum Gasteiger partial charge on any atom is -0.478 e. The Labute approximate surface area is 181 Å². The molecule has 1 aromatic heterocycles. The van der Waals surface area contributed by atoms with E-state index in [4.69, 9.17) is 0 Å². The van der Waals surface area contributed by atoms with Crippen molar-refractivity contribution in [2.75, 3.05) is 0 Å². The third kappa shape index (κ3) is 5.92. The van der Waals surface area contributed by atoms with Crippen LogP contribution in [0.5, 0.6) is 0 Å². The van der Waals surface area contributed by atoms with Gasteiger partial charge in [0.2, 0.25) is 0 Å². The lowest BCUT2D eigenvalue weighted by Gasteiger charge is -2.12. The van der Waals surface area contributed by atoms with Crippen LogP contribution < -0.4 is 0 Å². The summed E-state index contributed by atoms with van der Waals surface area (Å²) in [6, 6.07) is 16.3. The molecule has 0 saturated heterocycles. The summed E-state index contributed by atoms with van der Waals surface area (Å²) in [4.78, 5) is 27.8. The summed E-state index contributed by atoms with van der Waals surface area (Å²) in [5.74, 6) is -1.09. The van der Waals surface area contributed by atoms with Gasteiger partial charge in [-0.15, -0.1) is 0 Å². The smallest absolute Gasteiger partial charge is 0.335 e. The van der Waals surface area contributed by atoms with Gasteiger partial charge in [-0.2, -0.15) is 0 Å². The van der Waals surface area contributed by atoms with E-state index in [1.807, 2.05) is 41.0 Å². The highest BCUT2D eigenvalue weighted by Gasteiger charge is 2.14. The molecule has 6 heteroatoms. The number of nitrogens with zero attached hydrogens (tertiary/aromatic N) is 2. The zero-order valence-corrected chi connectivity index (χ0v) is 17.5. The van der Waals surface area contributed by atoms with Crippen LogP contribution in [0.3, 0.4) is 0 Å². The quantitative estimate of drug-likeness (QED) is 0.466. The van der Waals surface area contributed by atoms with Crippen molar-refractivity contribution in [3.8, 4) is 0 Å². The summed E-state index contributed by atoms with van der Waals surface area (Å²) in [6.45, 7) is 2.52. The van der Waals surface area contributed by atoms with Gasteiger partial charge >= 0.3 is 11.9 Å². The van der Waals surface area contributed by atoms with E-state index in [1.165, 1.54) is 0 Å². The van der Waals surface area contributed by atoms with Crippen LogP contribution in [-0.2, 0) is 24.2 Å². The van der Waals surface area contributed by atoms with Gasteiger partial charge in [0.15, 0.2) is 0 Å². The number of aromatic carboxylic acids is 1. The molecule has 31 heavy (non-hydrogen) atoms. The third-order valence-electron chi connectivity index (χ3n) is 5.07. The number of aromatic nitrogens is 2. The Morgan fingerprint density at radius 1 is 1.03 bits per heavy atom. The predicted molar refractivity (Wildman–Crippen MR) is 119 cm³/mol. The van der Waals surface area contributed by atoms with E-state index in [9.17, 15) is 19.8 Å². The first-order chi connectivity index (χ1) is 15.0. The molecular formula is C25H26N2O4. The summed E-state index contributed by atoms with van der Waals surface area (Å²) in [6.07, 6.45) is 6.41. The number of carbonyl (C=O) groups is 2. The Kier molecular flexibility index (Phi) is 7.38. The van der Waals surface area contributed by atoms with Crippen molar-refractivity contribution in [1.29, 1.82) is 0 Å². The normalized spacial score (nSPS) is 11.5. The Balaban J connectivity index is 1.98. The summed E-state index contributed by atoms with van der Waals surface area (Å²) in [7, 11) is 0. The SMILES string of the molecule is CCCCc1ncc(C=C(Cc2ccccc2)C(=O)O)n1Cc1cccc(C(=O)O)c1. The van der Waals surface area contributed by atoms with E-state index >= 15 is 0 Å². The topological polar surface area (TPSA) is 92.4 Å². The molecule has 0 radical (unpaired) electrons. The zero-order valence-electron chi connectivity index (χ0n) is 17.5. The van der Waals surface area contributed by atoms with Gasteiger partial charge in [-0.3, -0.25) is 0 Å². The van der Waals surface area contributed by atoms with Crippen LogP contribution in [0.2, 0.25) is 0 Å². The number of carboxylic acid groups (broad SMARTS) is 2. The first-order valence-corrected chi connectivity index (χ1v) is 10.3. The number of aliphatic carboxylic acids is 1. The van der Waals surface area contributed by atoms with Crippen LogP contribution in [0.1, 0.15) is 52.8 Å². The molecule has 0 atom stereocenters. The highest BCUT2D eigenvalue weighted by molar-refractivity contribution is 5.92. The fourth-order valence-corrected chi connectivity index (χ4v) is 3.43. The highest BCUT2D eigenvalue weighted by Crippen LogP contribution is 2.18. The molecule has 0 spiro atoms. The molecule has 0 amide bonds. The standard InChI is InChI=1S/C25H26N2O4/c1-2-3-12-23-26-16-22(15-21(25(30)31)13-18-8-5-4-6-9-18)27(23)17-19-10-7-11-20(14-19)24(28)29/h4-11,14-16H,2-3,12-13,17H2,1H3,(H,28,29)(H,30,31). The number of hydrogen-bond acceptors (Lipinski definition) is 3. The van der Waals surface area contributed by atoms with Gasteiger partial charge in [-0.25, -0.2) is 14.6 Å². The van der Waals surface area contributed by atoms with Crippen LogP contribution in [0, 0.1) is 0 Å². The molecule has 0 unspecified atom stereocenters. The largest absolute Gasteiger partial charge is 0.478 e. The van der Waals surface area contributed by atoms with Gasteiger partial charge in [-0.1, -0.05) is 55.8 Å². The van der Waals surface area contributed by atoms with E-state index in [0.717, 1.165) is 36.2 Å². The Morgan fingerprint density at radius 2 is 1.77 bits per heavy atom. The Bertz CT molecular complexity index is 1080. The van der Waals surface area contributed by atoms with Crippen LogP contribution in [-0.4, -0.2) is 31.7 Å². The van der Waals surface area contributed by atoms with Gasteiger partial charge in [0, 0.05) is 25.0 Å². The third-order valence-corrected chi connectivity index (χ3v) is 5.07. The molecule has 6 nitrogen and oxygen atoms in total. The molecule has 1 heterocycles. The van der Waals surface area contributed by atoms with Crippen molar-refractivity contribution in [2.45, 2.75) is 39.2 Å². The van der Waals surface area contributed by atoms with Crippen molar-refractivity contribution >= 4 is 18.0 Å². The maximum Gasteiger partial charge on any atom is 0.335 e. The minimum atomic E-state index is -0.977. The fraction of sp³-hybridized carbons (Fsp3) is 0.240. The summed E-state index contributed by atoms with van der Waals surface area (Å²) >= 11 is 0. The van der Waals surface area contributed by atoms with Crippen molar-refractivity contribution in [3.63, 3.8) is 0 Å². The molecule has 2 aromatic carbocycles. The molecular weight excluding hydrogens is 392 g/mol. The van der Waals surface area contributed by atoms with E-state index in [1.54, 1.807) is 30.5 Å². The highest BCUT2D eigenvalue weighted by atomic mass is 16.4. The molecule has 0 aliphatic carbocycles. The Hall–Kier alpha value is -3.67. The van der Waals surface area contributed by atoms with Gasteiger partial charge in [0.25, 0.3) is 0 Å². The number of aryl methyl sites for hydroxylation is 1. The average molecular weight is 418 g/mol. The maximum absolute atomic E-state index is 11.9. The zero-order chi connectivity index (χ0) is 22.2. The Morgan fingerprint density at radius 3 is 2.45 bits per heavy atom. The number of imidazole rings is 1. The monoisotopic (exact) mass is 418 g/mol. The predicted octanol–water partition coefficient (Wildman–Crippen LogP) is 4.68. The van der Waals surface area contributed by atoms with Gasteiger partial charge in [0.1, 0.15) is 5.82 Å². The van der Waals surface area contributed by atoms with Gasteiger partial charge in [-0.05, 0) is 35.8 Å². The summed E-state index contributed by atoms with van der Waals surface area (Å²) in [5.41, 5.74) is 2.93. The lowest BCUT2D eigenvalue weighted by atomic mass is 10.0. The van der Waals surface area contributed by atoms with Crippen molar-refractivity contribution in [1.82, 2.24) is 9.55 Å². The number of hydrogen-bond donors (Lipinski definition) is 2. The number of benzene rings is 2. The van der Waals surface area contributed by atoms with E-state index in [0.29, 0.717) is 18.7 Å². The summed E-state index contributed by atoms with van der Waals surface area (Å²) < 4.78 is 1.98. The molecule has 0 fully saturated rings. The molecule has 160 valence electrons. The minimum absolute atomic E-state index is 0.222. The first kappa shape index (κ1) is 22.0. The number of carboxylic acids is 2. The summed E-state index contributed by atoms with van der Waals surface area (Å²) in [5, 5.41) is 19.0. The number of rotatable bonds is 10. The maximum atomic E-state index is 11.9. The van der Waals surface area contributed by atoms with Crippen LogP contribution >= 0.6 is 0 Å². The van der Waals surface area contributed by atoms with Crippen molar-refractivity contribution in [3.05, 3.63) is 94.6 Å². The lowest BCUT2D eigenvalue weighted by molar-refractivity contribution is -0.132. The van der Waals surface area contributed by atoms with Gasteiger partial charge < -0.3 is 14.8 Å². The van der Waals surface area contributed by atoms with E-state index < -0.39 is 11.9 Å². The molecule has 0 saturated carbocycles. The van der Waals surface area contributed by atoms with E-state index in [-0.39, 0.29) is 11.1 Å². The average Bonchev–Trinajstić information content (AvgIpc) is 3.13. The molecule has 0 aliphatic rings. The molecule has 0 aliphatic heterocycles. The van der Waals surface area contributed by atoms with Crippen LogP contribution in [0.15, 0.2) is 66.4 Å². The van der Waals surface area contributed by atoms with E-state index in [2.05, 4.69) is 11.9 Å². The molecule has 3 aromatic rings. The second kappa shape index (κ2) is 10.4. The lowest BCUT2D eigenvalue weighted by Crippen LogP contribution is -2.10.